The number of hydrogen-bond donors (Lipinski definition) is 2. The maximum Gasteiger partial charge on any atom is 0.435 e. The van der Waals surface area contributed by atoms with E-state index in [4.69, 9.17) is 18.0 Å². The highest BCUT2D eigenvalue weighted by Gasteiger charge is 2.40. The molecule has 6 rings (SSSR count). The van der Waals surface area contributed by atoms with Crippen molar-refractivity contribution < 1.29 is 27.6 Å². The number of imidazole rings is 1. The van der Waals surface area contributed by atoms with Gasteiger partial charge in [0.05, 0.1) is 28.0 Å². The molecule has 0 aliphatic carbocycles. The topological polar surface area (TPSA) is 121 Å². The zero-order chi connectivity index (χ0) is 32.7. The highest BCUT2D eigenvalue weighted by atomic mass is 35.5. The Morgan fingerprint density at radius 3 is 2.39 bits per heavy atom. The summed E-state index contributed by atoms with van der Waals surface area (Å²) in [6.45, 7) is 4.79. The molecule has 3 aromatic rings. The number of benzene rings is 1. The summed E-state index contributed by atoms with van der Waals surface area (Å²) < 4.78 is 43.2. The second kappa shape index (κ2) is 12.3. The zero-order valence-corrected chi connectivity index (χ0v) is 25.6. The number of hydrogen-bond acceptors (Lipinski definition) is 6. The van der Waals surface area contributed by atoms with Crippen molar-refractivity contribution in [2.45, 2.75) is 12.7 Å². The third-order valence-electron chi connectivity index (χ3n) is 8.71. The third kappa shape index (κ3) is 6.02. The van der Waals surface area contributed by atoms with Gasteiger partial charge in [-0.1, -0.05) is 17.5 Å². The van der Waals surface area contributed by atoms with Gasteiger partial charge in [0.1, 0.15) is 6.54 Å². The van der Waals surface area contributed by atoms with Crippen molar-refractivity contribution in [1.82, 2.24) is 39.3 Å². The number of alkyl halides is 3. The van der Waals surface area contributed by atoms with E-state index >= 15 is 0 Å². The molecule has 0 saturated carbocycles. The van der Waals surface area contributed by atoms with E-state index in [0.29, 0.717) is 38.0 Å². The van der Waals surface area contributed by atoms with Crippen LogP contribution in [0, 0.1) is 24.2 Å². The Hall–Kier alpha value is -4.55. The number of halogens is 4. The smallest absolute Gasteiger partial charge is 0.335 e. The van der Waals surface area contributed by atoms with Crippen LogP contribution < -0.4 is 10.6 Å². The molecule has 46 heavy (non-hydrogen) atoms. The molecule has 242 valence electrons. The fourth-order valence-electron chi connectivity index (χ4n) is 6.30. The van der Waals surface area contributed by atoms with Gasteiger partial charge in [0.2, 0.25) is 0 Å². The molecule has 5 heterocycles. The van der Waals surface area contributed by atoms with Crippen molar-refractivity contribution in [3.63, 3.8) is 0 Å². The number of urea groups is 1. The molecule has 12 nitrogen and oxygen atoms in total. The largest absolute Gasteiger partial charge is 0.435 e. The fraction of sp³-hybridized carbons (Fsp3) is 0.433. The number of anilines is 1. The van der Waals surface area contributed by atoms with Crippen molar-refractivity contribution in [3.8, 4) is 23.6 Å². The summed E-state index contributed by atoms with van der Waals surface area (Å²) >= 11 is 6.46. The molecule has 0 radical (unpaired) electrons. The number of fused-ring (bicyclic) bond motifs is 1. The Kier molecular flexibility index (Phi) is 8.43. The lowest BCUT2D eigenvalue weighted by molar-refractivity contribution is -0.141. The molecule has 0 bridgehead atoms. The first-order chi connectivity index (χ1) is 21.9. The van der Waals surface area contributed by atoms with Gasteiger partial charge in [-0.25, -0.2) is 9.78 Å². The van der Waals surface area contributed by atoms with Crippen LogP contribution in [0.5, 0.6) is 0 Å². The maximum atomic E-state index is 13.7. The van der Waals surface area contributed by atoms with Crippen LogP contribution in [0.4, 0.5) is 23.7 Å². The van der Waals surface area contributed by atoms with Crippen molar-refractivity contribution in [2.75, 3.05) is 57.7 Å². The van der Waals surface area contributed by atoms with Gasteiger partial charge in [-0.05, 0) is 30.0 Å². The van der Waals surface area contributed by atoms with E-state index in [-0.39, 0.29) is 51.8 Å². The number of nitrogens with zero attached hydrogens (tertiary/aromatic N) is 7. The SMILES string of the molecule is C#CCn1cc(-c2cnc(C(=O)Nc3ccc(C(=O)N4CCN(C(=O)N5C[C@@H]6CNC[C@H]6C5)CC4)c(Cl)c3)n2C)c(C(F)(F)F)n1. The van der Waals surface area contributed by atoms with Crippen LogP contribution in [0.25, 0.3) is 11.3 Å². The molecule has 3 saturated heterocycles. The van der Waals surface area contributed by atoms with E-state index in [1.807, 2.05) is 4.90 Å². The van der Waals surface area contributed by atoms with E-state index < -0.39 is 17.8 Å². The van der Waals surface area contributed by atoms with E-state index in [0.717, 1.165) is 43.3 Å². The van der Waals surface area contributed by atoms with Gasteiger partial charge < -0.3 is 29.9 Å². The maximum absolute atomic E-state index is 13.7. The van der Waals surface area contributed by atoms with Gasteiger partial charge in [-0.3, -0.25) is 14.3 Å². The fourth-order valence-corrected chi connectivity index (χ4v) is 6.56. The minimum atomic E-state index is -4.76. The monoisotopic (exact) mass is 657 g/mol. The molecule has 4 amide bonds. The first-order valence-corrected chi connectivity index (χ1v) is 15.1. The number of aromatic nitrogens is 4. The molecule has 3 aliphatic rings. The van der Waals surface area contributed by atoms with Crippen molar-refractivity contribution in [2.24, 2.45) is 18.9 Å². The standard InChI is InChI=1S/C30H31ClF3N9O3/c1-3-6-43-17-22(25(38-43)30(32,33)34)24-14-36-26(39(24)2)27(44)37-20-4-5-21(23(31)11-20)28(45)40-7-9-41(10-8-40)29(46)42-15-18-12-35-13-19(18)16-42/h1,4-5,11,14,17-19,35H,6-10,12-13,15-16H2,2H3,(H,37,44)/t18-,19-/m0/s1. The van der Waals surface area contributed by atoms with E-state index in [1.165, 1.54) is 29.8 Å². The number of piperazine rings is 1. The van der Waals surface area contributed by atoms with Gasteiger partial charge in [-0.2, -0.15) is 18.3 Å². The minimum absolute atomic E-state index is 0.0132. The van der Waals surface area contributed by atoms with E-state index in [1.54, 1.807) is 9.80 Å². The lowest BCUT2D eigenvalue weighted by Gasteiger charge is -2.37. The highest BCUT2D eigenvalue weighted by molar-refractivity contribution is 6.34. The molecule has 2 N–H and O–H groups in total. The first kappa shape index (κ1) is 31.4. The molecule has 2 atom stereocenters. The number of rotatable bonds is 5. The van der Waals surface area contributed by atoms with Gasteiger partial charge in [0.25, 0.3) is 11.8 Å². The summed E-state index contributed by atoms with van der Waals surface area (Å²) in [5.41, 5.74) is -0.910. The third-order valence-corrected chi connectivity index (χ3v) is 9.02. The summed E-state index contributed by atoms with van der Waals surface area (Å²) in [6, 6.07) is 4.43. The van der Waals surface area contributed by atoms with Crippen LogP contribution in [0.1, 0.15) is 26.7 Å². The molecule has 2 aromatic heterocycles. The Bertz CT molecular complexity index is 1710. The van der Waals surface area contributed by atoms with Gasteiger partial charge in [0, 0.05) is 71.3 Å². The van der Waals surface area contributed by atoms with Crippen LogP contribution in [-0.2, 0) is 19.8 Å². The van der Waals surface area contributed by atoms with Crippen molar-refractivity contribution >= 4 is 35.1 Å². The molecule has 1 aromatic carbocycles. The number of terminal acetylenes is 1. The second-order valence-electron chi connectivity index (χ2n) is 11.6. The highest BCUT2D eigenvalue weighted by Crippen LogP contribution is 2.36. The Balaban J connectivity index is 1.08. The molecular formula is C30H31ClF3N9O3. The summed E-state index contributed by atoms with van der Waals surface area (Å²) in [5.74, 6) is 2.09. The number of carbonyl (C=O) groups is 3. The molecule has 3 fully saturated rings. The number of nitrogens with one attached hydrogen (secondary N) is 2. The molecular weight excluding hydrogens is 627 g/mol. The average Bonchev–Trinajstić information content (AvgIpc) is 3.80. The predicted molar refractivity (Wildman–Crippen MR) is 162 cm³/mol. The first-order valence-electron chi connectivity index (χ1n) is 14.7. The lowest BCUT2D eigenvalue weighted by atomic mass is 10.0. The molecule has 0 spiro atoms. The van der Waals surface area contributed by atoms with Crippen molar-refractivity contribution in [3.05, 3.63) is 52.7 Å². The van der Waals surface area contributed by atoms with Crippen LogP contribution >= 0.6 is 11.6 Å². The van der Waals surface area contributed by atoms with Crippen LogP contribution in [0.15, 0.2) is 30.6 Å². The van der Waals surface area contributed by atoms with Crippen LogP contribution in [0.2, 0.25) is 5.02 Å². The number of carbonyl (C=O) groups excluding carboxylic acids is 3. The normalized spacial score (nSPS) is 19.7. The van der Waals surface area contributed by atoms with Crippen molar-refractivity contribution in [1.29, 1.82) is 0 Å². The summed E-state index contributed by atoms with van der Waals surface area (Å²) in [6.07, 6.45) is 2.78. The quantitative estimate of drug-likeness (QED) is 0.408. The Morgan fingerprint density at radius 2 is 1.76 bits per heavy atom. The average molecular weight is 658 g/mol. The molecule has 16 heteroatoms. The van der Waals surface area contributed by atoms with Gasteiger partial charge in [0.15, 0.2) is 11.5 Å². The predicted octanol–water partition coefficient (Wildman–Crippen LogP) is 2.87. The zero-order valence-electron chi connectivity index (χ0n) is 24.8. The lowest BCUT2D eigenvalue weighted by Crippen LogP contribution is -2.54. The summed E-state index contributed by atoms with van der Waals surface area (Å²) in [7, 11) is 1.41. The molecule has 0 unspecified atom stereocenters. The number of amides is 4. The second-order valence-corrected chi connectivity index (χ2v) is 12.0. The van der Waals surface area contributed by atoms with Crippen LogP contribution in [0.3, 0.4) is 0 Å². The van der Waals surface area contributed by atoms with Gasteiger partial charge >= 0.3 is 12.2 Å². The Labute approximate surface area is 267 Å². The summed E-state index contributed by atoms with van der Waals surface area (Å²) in [5, 5.41) is 9.66. The van der Waals surface area contributed by atoms with E-state index in [9.17, 15) is 27.6 Å². The minimum Gasteiger partial charge on any atom is -0.335 e. The molecule has 3 aliphatic heterocycles. The van der Waals surface area contributed by atoms with Crippen LogP contribution in [-0.4, -0.2) is 104 Å². The van der Waals surface area contributed by atoms with E-state index in [2.05, 4.69) is 26.6 Å². The Morgan fingerprint density at radius 1 is 1.09 bits per heavy atom. The number of likely N-dealkylation sites (tertiary alicyclic amines) is 1. The van der Waals surface area contributed by atoms with Gasteiger partial charge in [-0.15, -0.1) is 6.42 Å². The summed E-state index contributed by atoms with van der Waals surface area (Å²) in [4.78, 5) is 48.8.